The van der Waals surface area contributed by atoms with Crippen molar-refractivity contribution in [2.24, 2.45) is 0 Å². The lowest BCUT2D eigenvalue weighted by Crippen LogP contribution is -2.34. The molecule has 1 saturated heterocycles. The zero-order valence-corrected chi connectivity index (χ0v) is 15.0. The van der Waals surface area contributed by atoms with Gasteiger partial charge in [0.2, 0.25) is 11.8 Å². The van der Waals surface area contributed by atoms with Crippen LogP contribution in [0.15, 0.2) is 24.3 Å². The van der Waals surface area contributed by atoms with Crippen LogP contribution >= 0.6 is 11.8 Å². The number of rotatable bonds is 5. The number of piperidine rings is 1. The zero-order chi connectivity index (χ0) is 16.9. The molecule has 1 fully saturated rings. The average Bonchev–Trinajstić information content (AvgIpc) is 2.47. The summed E-state index contributed by atoms with van der Waals surface area (Å²) in [6.07, 6.45) is 2.73. The highest BCUT2D eigenvalue weighted by atomic mass is 32.2. The molecule has 0 unspecified atom stereocenters. The number of likely N-dealkylation sites (tertiary alicyclic amines) is 1. The third-order valence-electron chi connectivity index (χ3n) is 3.64. The summed E-state index contributed by atoms with van der Waals surface area (Å²) in [5.41, 5.74) is 1.85. The third kappa shape index (κ3) is 6.26. The van der Waals surface area contributed by atoms with Crippen LogP contribution in [0.25, 0.3) is 0 Å². The van der Waals surface area contributed by atoms with Gasteiger partial charge in [0.25, 0.3) is 0 Å². The quantitative estimate of drug-likeness (QED) is 0.894. The number of anilines is 1. The van der Waals surface area contributed by atoms with Gasteiger partial charge in [-0.3, -0.25) is 9.59 Å². The molecule has 23 heavy (non-hydrogen) atoms. The topological polar surface area (TPSA) is 49.4 Å². The van der Waals surface area contributed by atoms with E-state index in [4.69, 9.17) is 0 Å². The lowest BCUT2D eigenvalue weighted by molar-refractivity contribution is -0.133. The number of carbonyl (C=O) groups is 2. The molecule has 1 aromatic carbocycles. The van der Waals surface area contributed by atoms with Gasteiger partial charge in [-0.15, -0.1) is 11.8 Å². The van der Waals surface area contributed by atoms with Crippen molar-refractivity contribution in [1.29, 1.82) is 0 Å². The highest BCUT2D eigenvalue weighted by molar-refractivity contribution is 8.01. The Kier molecular flexibility index (Phi) is 6.10. The number of nitrogens with zero attached hydrogens (tertiary/aromatic N) is 1. The molecule has 0 spiro atoms. The fraction of sp³-hybridized carbons (Fsp3) is 0.556. The summed E-state index contributed by atoms with van der Waals surface area (Å²) in [5.74, 6) is 0.682. The summed E-state index contributed by atoms with van der Waals surface area (Å²) in [7, 11) is 0. The van der Waals surface area contributed by atoms with Crippen LogP contribution in [-0.4, -0.2) is 33.8 Å². The van der Waals surface area contributed by atoms with E-state index >= 15 is 0 Å². The van der Waals surface area contributed by atoms with E-state index in [0.29, 0.717) is 18.7 Å². The molecule has 0 aromatic heterocycles. The molecule has 1 aromatic rings. The second kappa shape index (κ2) is 7.86. The van der Waals surface area contributed by atoms with Crippen LogP contribution in [-0.2, 0) is 16.1 Å². The molecule has 5 heteroatoms. The average molecular weight is 334 g/mol. The normalized spacial score (nSPS) is 15.6. The first-order valence-electron chi connectivity index (χ1n) is 8.14. The Bertz CT molecular complexity index is 566. The lowest BCUT2D eigenvalue weighted by atomic mass is 10.1. The van der Waals surface area contributed by atoms with Crippen molar-refractivity contribution < 1.29 is 9.59 Å². The minimum atomic E-state index is 0.0103. The molecule has 0 atom stereocenters. The first-order valence-corrected chi connectivity index (χ1v) is 9.12. The van der Waals surface area contributed by atoms with Gasteiger partial charge < -0.3 is 10.2 Å². The van der Waals surface area contributed by atoms with Crippen LogP contribution in [0.5, 0.6) is 0 Å². The van der Waals surface area contributed by atoms with Gasteiger partial charge in [-0.05, 0) is 30.5 Å². The Hall–Kier alpha value is -1.49. The number of thioether (sulfide) groups is 1. The third-order valence-corrected chi connectivity index (χ3v) is 4.91. The van der Waals surface area contributed by atoms with Crippen molar-refractivity contribution in [2.75, 3.05) is 17.6 Å². The Labute approximate surface area is 143 Å². The molecular weight excluding hydrogens is 308 g/mol. The summed E-state index contributed by atoms with van der Waals surface area (Å²) in [6.45, 7) is 7.75. The maximum absolute atomic E-state index is 12.0. The van der Waals surface area contributed by atoms with Gasteiger partial charge in [-0.1, -0.05) is 32.9 Å². The van der Waals surface area contributed by atoms with Crippen LogP contribution in [0.1, 0.15) is 45.6 Å². The van der Waals surface area contributed by atoms with E-state index < -0.39 is 0 Å². The molecule has 1 aliphatic heterocycles. The number of benzene rings is 1. The number of hydrogen-bond donors (Lipinski definition) is 1. The monoisotopic (exact) mass is 334 g/mol. The molecule has 1 N–H and O–H groups in total. The minimum absolute atomic E-state index is 0.0103. The molecule has 4 nitrogen and oxygen atoms in total. The molecule has 1 aliphatic rings. The van der Waals surface area contributed by atoms with E-state index in [0.717, 1.165) is 30.6 Å². The molecule has 2 rings (SSSR count). The molecule has 2 amide bonds. The first kappa shape index (κ1) is 17.9. The number of hydrogen-bond acceptors (Lipinski definition) is 3. The van der Waals surface area contributed by atoms with Gasteiger partial charge in [0, 0.05) is 29.9 Å². The number of nitrogens with one attached hydrogen (secondary N) is 1. The van der Waals surface area contributed by atoms with E-state index in [9.17, 15) is 9.59 Å². The zero-order valence-electron chi connectivity index (χ0n) is 14.2. The fourth-order valence-corrected chi connectivity index (χ4v) is 3.11. The van der Waals surface area contributed by atoms with E-state index in [1.165, 1.54) is 0 Å². The predicted molar refractivity (Wildman–Crippen MR) is 96.6 cm³/mol. The van der Waals surface area contributed by atoms with E-state index in [2.05, 4.69) is 26.1 Å². The largest absolute Gasteiger partial charge is 0.338 e. The fourth-order valence-electron chi connectivity index (χ4n) is 2.48. The van der Waals surface area contributed by atoms with Crippen molar-refractivity contribution in [2.45, 2.75) is 51.3 Å². The Morgan fingerprint density at radius 1 is 1.30 bits per heavy atom. The van der Waals surface area contributed by atoms with Crippen LogP contribution in [0.4, 0.5) is 5.69 Å². The summed E-state index contributed by atoms with van der Waals surface area (Å²) in [4.78, 5) is 25.8. The summed E-state index contributed by atoms with van der Waals surface area (Å²) in [5, 5.41) is 2.94. The van der Waals surface area contributed by atoms with Crippen molar-refractivity contribution >= 4 is 29.3 Å². The second-order valence-corrected chi connectivity index (χ2v) is 8.72. The SMILES string of the molecule is CC(C)(C)SCC(=O)Nc1cccc(CN2CCCCC2=O)c1. The molecular formula is C18H26N2O2S. The van der Waals surface area contributed by atoms with Crippen LogP contribution < -0.4 is 5.32 Å². The highest BCUT2D eigenvalue weighted by Crippen LogP contribution is 2.23. The molecule has 126 valence electrons. The van der Waals surface area contributed by atoms with Crippen LogP contribution in [0, 0.1) is 0 Å². The van der Waals surface area contributed by atoms with Crippen LogP contribution in [0.2, 0.25) is 0 Å². The maximum atomic E-state index is 12.0. The number of carbonyl (C=O) groups excluding carboxylic acids is 2. The number of amides is 2. The van der Waals surface area contributed by atoms with Crippen molar-refractivity contribution in [3.05, 3.63) is 29.8 Å². The van der Waals surface area contributed by atoms with Gasteiger partial charge in [-0.2, -0.15) is 0 Å². The molecule has 1 heterocycles. The Morgan fingerprint density at radius 2 is 2.09 bits per heavy atom. The smallest absolute Gasteiger partial charge is 0.234 e. The second-order valence-electron chi connectivity index (χ2n) is 6.92. The lowest BCUT2D eigenvalue weighted by Gasteiger charge is -2.26. The maximum Gasteiger partial charge on any atom is 0.234 e. The first-order chi connectivity index (χ1) is 10.8. The highest BCUT2D eigenvalue weighted by Gasteiger charge is 2.18. The minimum Gasteiger partial charge on any atom is -0.338 e. The van der Waals surface area contributed by atoms with Gasteiger partial charge >= 0.3 is 0 Å². The van der Waals surface area contributed by atoms with Gasteiger partial charge in [0.05, 0.1) is 5.75 Å². The van der Waals surface area contributed by atoms with Crippen molar-refractivity contribution in [3.63, 3.8) is 0 Å². The summed E-state index contributed by atoms with van der Waals surface area (Å²) < 4.78 is 0.0772. The summed E-state index contributed by atoms with van der Waals surface area (Å²) in [6, 6.07) is 7.78. The summed E-state index contributed by atoms with van der Waals surface area (Å²) >= 11 is 1.63. The predicted octanol–water partition coefficient (Wildman–Crippen LogP) is 3.67. The van der Waals surface area contributed by atoms with Gasteiger partial charge in [0.1, 0.15) is 0 Å². The van der Waals surface area contributed by atoms with Crippen LogP contribution in [0.3, 0.4) is 0 Å². The molecule has 0 radical (unpaired) electrons. The van der Waals surface area contributed by atoms with E-state index in [-0.39, 0.29) is 16.6 Å². The molecule has 0 aliphatic carbocycles. The molecule has 0 saturated carbocycles. The van der Waals surface area contributed by atoms with Crippen molar-refractivity contribution in [3.8, 4) is 0 Å². The molecule has 0 bridgehead atoms. The van der Waals surface area contributed by atoms with E-state index in [1.54, 1.807) is 11.8 Å². The standard InChI is InChI=1S/C18H26N2O2S/c1-18(2,3)23-13-16(21)19-15-8-6-7-14(11-15)12-20-10-5-4-9-17(20)22/h6-8,11H,4-5,9-10,12-13H2,1-3H3,(H,19,21). The Balaban J connectivity index is 1.91. The van der Waals surface area contributed by atoms with Crippen molar-refractivity contribution in [1.82, 2.24) is 4.90 Å². The van der Waals surface area contributed by atoms with Gasteiger partial charge in [0.15, 0.2) is 0 Å². The Morgan fingerprint density at radius 3 is 2.78 bits per heavy atom. The van der Waals surface area contributed by atoms with E-state index in [1.807, 2.05) is 29.2 Å². The van der Waals surface area contributed by atoms with Gasteiger partial charge in [-0.25, -0.2) is 0 Å².